The number of nitrogens with one attached hydrogen (secondary N) is 2. The van der Waals surface area contributed by atoms with Crippen molar-refractivity contribution in [3.63, 3.8) is 0 Å². The quantitative estimate of drug-likeness (QED) is 0.418. The fourth-order valence-electron chi connectivity index (χ4n) is 2.32. The second-order valence-corrected chi connectivity index (χ2v) is 5.27. The molecule has 1 aliphatic rings. The van der Waals surface area contributed by atoms with E-state index in [0.29, 0.717) is 5.69 Å². The van der Waals surface area contributed by atoms with Crippen LogP contribution >= 0.6 is 0 Å². The lowest BCUT2D eigenvalue weighted by Crippen LogP contribution is -2.44. The minimum Gasteiger partial charge on any atom is -0.495 e. The van der Waals surface area contributed by atoms with Crippen molar-refractivity contribution in [2.75, 3.05) is 50.7 Å². The Labute approximate surface area is 135 Å². The zero-order valence-electron chi connectivity index (χ0n) is 13.3. The lowest BCUT2D eigenvalue weighted by atomic mass is 10.2. The van der Waals surface area contributed by atoms with Crippen LogP contribution in [0.5, 0.6) is 5.75 Å². The van der Waals surface area contributed by atoms with Crippen LogP contribution < -0.4 is 20.8 Å². The van der Waals surface area contributed by atoms with E-state index in [9.17, 15) is 0 Å². The maximum atomic E-state index is 8.83. The second kappa shape index (κ2) is 7.47. The number of nitrogens with zero attached hydrogens (tertiary/aromatic N) is 4. The molecule has 23 heavy (non-hydrogen) atoms. The van der Waals surface area contributed by atoms with Crippen molar-refractivity contribution in [2.45, 2.75) is 0 Å². The van der Waals surface area contributed by atoms with Crippen molar-refractivity contribution >= 4 is 22.9 Å². The van der Waals surface area contributed by atoms with E-state index in [1.807, 2.05) is 18.2 Å². The van der Waals surface area contributed by atoms with Crippen LogP contribution in [-0.2, 0) is 0 Å². The smallest absolute Gasteiger partial charge is 0.201 e. The van der Waals surface area contributed by atoms with E-state index in [0.717, 1.165) is 37.6 Å². The highest BCUT2D eigenvalue weighted by atomic mass is 16.5. The number of hydrogen-bond donors (Lipinski definition) is 3. The van der Waals surface area contributed by atoms with E-state index in [1.54, 1.807) is 13.2 Å². The molecule has 0 atom stereocenters. The molecule has 0 saturated carbocycles. The van der Waals surface area contributed by atoms with Crippen LogP contribution in [0.4, 0.5) is 11.4 Å². The Morgan fingerprint density at radius 3 is 2.65 bits per heavy atom. The number of ether oxygens (including phenoxy) is 1. The number of hydrazone groups is 1. The number of anilines is 2. The van der Waals surface area contributed by atoms with Crippen LogP contribution in [0, 0.1) is 16.7 Å². The number of methoxy groups -OCH3 is 1. The first-order chi connectivity index (χ1) is 11.0. The van der Waals surface area contributed by atoms with Gasteiger partial charge in [-0.25, -0.2) is 0 Å². The summed E-state index contributed by atoms with van der Waals surface area (Å²) in [7, 11) is 3.74. The van der Waals surface area contributed by atoms with E-state index >= 15 is 0 Å². The van der Waals surface area contributed by atoms with Gasteiger partial charge in [0.05, 0.1) is 18.5 Å². The van der Waals surface area contributed by atoms with Gasteiger partial charge in [0.2, 0.25) is 5.71 Å². The highest BCUT2D eigenvalue weighted by Crippen LogP contribution is 2.31. The number of rotatable bonds is 5. The summed E-state index contributed by atoms with van der Waals surface area (Å²) >= 11 is 0. The van der Waals surface area contributed by atoms with Gasteiger partial charge in [0.1, 0.15) is 11.8 Å². The zero-order chi connectivity index (χ0) is 16.8. The number of nitrogens with two attached hydrogens (primary N) is 1. The Hall–Kier alpha value is -2.79. The van der Waals surface area contributed by atoms with Gasteiger partial charge in [-0.3, -0.25) is 10.8 Å². The molecule has 0 spiro atoms. The summed E-state index contributed by atoms with van der Waals surface area (Å²) in [5.74, 6) is 0.358. The van der Waals surface area contributed by atoms with Crippen LogP contribution in [0.25, 0.3) is 0 Å². The molecular formula is C15H21N7O. The molecule has 1 aromatic rings. The SMILES string of the molecule is COc1cc(N/N=C(\C#N)C(=N)N)ccc1N1CCN(C)CC1. The van der Waals surface area contributed by atoms with Crippen LogP contribution in [-0.4, -0.2) is 56.8 Å². The minimum atomic E-state index is -0.374. The van der Waals surface area contributed by atoms with Crippen molar-refractivity contribution in [3.05, 3.63) is 18.2 Å². The maximum absolute atomic E-state index is 8.83. The molecule has 2 rings (SSSR count). The first-order valence-corrected chi connectivity index (χ1v) is 7.25. The van der Waals surface area contributed by atoms with Gasteiger partial charge in [-0.2, -0.15) is 10.4 Å². The van der Waals surface area contributed by atoms with Gasteiger partial charge < -0.3 is 20.3 Å². The third kappa shape index (κ3) is 4.11. The van der Waals surface area contributed by atoms with Crippen molar-refractivity contribution < 1.29 is 4.74 Å². The van der Waals surface area contributed by atoms with Crippen molar-refractivity contribution in [2.24, 2.45) is 10.8 Å². The summed E-state index contributed by atoms with van der Waals surface area (Å²) < 4.78 is 5.47. The van der Waals surface area contributed by atoms with E-state index < -0.39 is 0 Å². The van der Waals surface area contributed by atoms with Gasteiger partial charge in [-0.1, -0.05) is 0 Å². The molecule has 1 aromatic carbocycles. The Balaban J connectivity index is 2.16. The van der Waals surface area contributed by atoms with E-state index in [2.05, 4.69) is 27.4 Å². The summed E-state index contributed by atoms with van der Waals surface area (Å²) in [4.78, 5) is 4.57. The Morgan fingerprint density at radius 1 is 1.39 bits per heavy atom. The third-order valence-electron chi connectivity index (χ3n) is 3.68. The average molecular weight is 315 g/mol. The molecule has 0 aliphatic carbocycles. The van der Waals surface area contributed by atoms with Crippen LogP contribution in [0.3, 0.4) is 0 Å². The summed E-state index contributed by atoms with van der Waals surface area (Å²) in [5.41, 5.74) is 9.51. The second-order valence-electron chi connectivity index (χ2n) is 5.27. The normalized spacial score (nSPS) is 15.9. The number of hydrogen-bond acceptors (Lipinski definition) is 7. The molecule has 8 nitrogen and oxygen atoms in total. The van der Waals surface area contributed by atoms with E-state index in [4.69, 9.17) is 21.1 Å². The summed E-state index contributed by atoms with van der Waals surface area (Å²) in [5, 5.41) is 19.9. The van der Waals surface area contributed by atoms with Gasteiger partial charge in [0.25, 0.3) is 0 Å². The molecule has 0 radical (unpaired) electrons. The highest BCUT2D eigenvalue weighted by Gasteiger charge is 2.17. The fraction of sp³-hybridized carbons (Fsp3) is 0.400. The number of likely N-dealkylation sites (N-methyl/N-ethyl adjacent to an activating group) is 1. The zero-order valence-corrected chi connectivity index (χ0v) is 13.3. The molecule has 4 N–H and O–H groups in total. The number of nitriles is 1. The standard InChI is InChI=1S/C15H21N7O/c1-21-5-7-22(8-6-21)13-4-3-11(9-14(13)23-2)19-20-12(10-16)15(17)18/h3-4,9,19H,5-8H2,1-2H3,(H3,17,18)/b20-12+. The first kappa shape index (κ1) is 16.6. The van der Waals surface area contributed by atoms with Gasteiger partial charge in [0.15, 0.2) is 5.84 Å². The first-order valence-electron chi connectivity index (χ1n) is 7.25. The van der Waals surface area contributed by atoms with E-state index in [1.165, 1.54) is 0 Å². The molecule has 1 aliphatic heterocycles. The Bertz CT molecular complexity index is 642. The Morgan fingerprint density at radius 2 is 2.09 bits per heavy atom. The predicted molar refractivity (Wildman–Crippen MR) is 91.3 cm³/mol. The number of piperazine rings is 1. The van der Waals surface area contributed by atoms with Gasteiger partial charge >= 0.3 is 0 Å². The maximum Gasteiger partial charge on any atom is 0.201 e. The lowest BCUT2D eigenvalue weighted by molar-refractivity contribution is 0.311. The number of benzene rings is 1. The van der Waals surface area contributed by atoms with Crippen molar-refractivity contribution in [3.8, 4) is 11.8 Å². The van der Waals surface area contributed by atoms with Crippen LogP contribution in [0.2, 0.25) is 0 Å². The molecule has 8 heteroatoms. The molecule has 0 unspecified atom stereocenters. The predicted octanol–water partition coefficient (Wildman–Crippen LogP) is 0.674. The molecule has 122 valence electrons. The molecule has 1 heterocycles. The summed E-state index contributed by atoms with van der Waals surface area (Å²) in [6, 6.07) is 7.39. The molecule has 0 bridgehead atoms. The average Bonchev–Trinajstić information content (AvgIpc) is 2.56. The highest BCUT2D eigenvalue weighted by molar-refractivity contribution is 6.45. The third-order valence-corrected chi connectivity index (χ3v) is 3.68. The van der Waals surface area contributed by atoms with Crippen molar-refractivity contribution in [1.82, 2.24) is 4.90 Å². The molecular weight excluding hydrogens is 294 g/mol. The van der Waals surface area contributed by atoms with Gasteiger partial charge in [0, 0.05) is 32.2 Å². The molecule has 0 aromatic heterocycles. The largest absolute Gasteiger partial charge is 0.495 e. The Kier molecular flexibility index (Phi) is 5.38. The topological polar surface area (TPSA) is 114 Å². The van der Waals surface area contributed by atoms with Crippen LogP contribution in [0.1, 0.15) is 0 Å². The molecule has 1 saturated heterocycles. The van der Waals surface area contributed by atoms with E-state index in [-0.39, 0.29) is 11.5 Å². The van der Waals surface area contributed by atoms with Gasteiger partial charge in [-0.15, -0.1) is 0 Å². The number of amidine groups is 1. The summed E-state index contributed by atoms with van der Waals surface area (Å²) in [6.45, 7) is 3.91. The van der Waals surface area contributed by atoms with Crippen LogP contribution in [0.15, 0.2) is 23.3 Å². The lowest BCUT2D eigenvalue weighted by Gasteiger charge is -2.34. The summed E-state index contributed by atoms with van der Waals surface area (Å²) in [6.07, 6.45) is 0. The molecule has 0 amide bonds. The fourth-order valence-corrected chi connectivity index (χ4v) is 2.32. The minimum absolute atomic E-state index is 0.160. The monoisotopic (exact) mass is 315 g/mol. The molecule has 1 fully saturated rings. The van der Waals surface area contributed by atoms with Crippen molar-refractivity contribution in [1.29, 1.82) is 10.7 Å². The van der Waals surface area contributed by atoms with Gasteiger partial charge in [-0.05, 0) is 19.2 Å².